The quantitative estimate of drug-likeness (QED) is 0.612. The van der Waals surface area contributed by atoms with Gasteiger partial charge in [-0.3, -0.25) is 0 Å². The standard InChI is InChI=1S/C15H11Br2ClO2/c16-10-2-3-12(18)11(8-10)15(17)9-1-4-13-14(7-9)20-6-5-19-13/h1-4,7-8,15H,5-6H2. The Labute approximate surface area is 139 Å². The number of alkyl halides is 1. The highest BCUT2D eigenvalue weighted by molar-refractivity contribution is 9.10. The first kappa shape index (κ1) is 14.2. The summed E-state index contributed by atoms with van der Waals surface area (Å²) in [6.45, 7) is 1.18. The Balaban J connectivity index is 1.97. The molecule has 0 bridgehead atoms. The van der Waals surface area contributed by atoms with Crippen molar-refractivity contribution >= 4 is 43.5 Å². The van der Waals surface area contributed by atoms with Crippen LogP contribution in [0.15, 0.2) is 40.9 Å². The summed E-state index contributed by atoms with van der Waals surface area (Å²) < 4.78 is 12.1. The molecule has 0 N–H and O–H groups in total. The van der Waals surface area contributed by atoms with Crippen LogP contribution in [0.3, 0.4) is 0 Å². The van der Waals surface area contributed by atoms with E-state index < -0.39 is 0 Å². The molecule has 0 saturated carbocycles. The van der Waals surface area contributed by atoms with Crippen molar-refractivity contribution in [3.05, 3.63) is 57.0 Å². The van der Waals surface area contributed by atoms with Crippen LogP contribution in [-0.2, 0) is 0 Å². The van der Waals surface area contributed by atoms with E-state index in [-0.39, 0.29) is 4.83 Å². The molecule has 3 rings (SSSR count). The van der Waals surface area contributed by atoms with Crippen LogP contribution in [-0.4, -0.2) is 13.2 Å². The number of hydrogen-bond donors (Lipinski definition) is 0. The first-order chi connectivity index (χ1) is 9.65. The molecule has 0 saturated heterocycles. The predicted octanol–water partition coefficient (Wildman–Crippen LogP) is 5.36. The van der Waals surface area contributed by atoms with Crippen molar-refractivity contribution in [1.82, 2.24) is 0 Å². The fourth-order valence-corrected chi connectivity index (χ4v) is 3.51. The van der Waals surface area contributed by atoms with Crippen LogP contribution in [0.2, 0.25) is 5.02 Å². The Morgan fingerprint density at radius 2 is 1.75 bits per heavy atom. The minimum Gasteiger partial charge on any atom is -0.486 e. The molecule has 0 aromatic heterocycles. The van der Waals surface area contributed by atoms with Crippen LogP contribution < -0.4 is 9.47 Å². The minimum absolute atomic E-state index is 0.00308. The molecule has 0 radical (unpaired) electrons. The highest BCUT2D eigenvalue weighted by Crippen LogP contribution is 2.40. The average Bonchev–Trinajstić information content (AvgIpc) is 2.48. The van der Waals surface area contributed by atoms with Gasteiger partial charge in [0.25, 0.3) is 0 Å². The van der Waals surface area contributed by atoms with Crippen molar-refractivity contribution in [2.45, 2.75) is 4.83 Å². The van der Waals surface area contributed by atoms with E-state index in [4.69, 9.17) is 21.1 Å². The summed E-state index contributed by atoms with van der Waals surface area (Å²) in [5.41, 5.74) is 2.09. The summed E-state index contributed by atoms with van der Waals surface area (Å²) in [7, 11) is 0. The second kappa shape index (κ2) is 5.96. The van der Waals surface area contributed by atoms with Gasteiger partial charge in [0, 0.05) is 9.50 Å². The zero-order valence-electron chi connectivity index (χ0n) is 10.4. The summed E-state index contributed by atoms with van der Waals surface area (Å²) in [5, 5.41) is 0.727. The van der Waals surface area contributed by atoms with Crippen molar-refractivity contribution in [3.8, 4) is 11.5 Å². The van der Waals surface area contributed by atoms with E-state index in [0.29, 0.717) is 13.2 Å². The second-order valence-corrected chi connectivity index (χ2v) is 6.67. The number of hydrogen-bond acceptors (Lipinski definition) is 2. The second-order valence-electron chi connectivity index (χ2n) is 4.43. The molecular weight excluding hydrogens is 407 g/mol. The van der Waals surface area contributed by atoms with Crippen molar-refractivity contribution in [1.29, 1.82) is 0 Å². The Hall–Kier alpha value is -0.710. The third kappa shape index (κ3) is 2.83. The minimum atomic E-state index is 0.00308. The normalized spacial score (nSPS) is 14.9. The van der Waals surface area contributed by atoms with Crippen LogP contribution in [0.5, 0.6) is 11.5 Å². The molecule has 2 aromatic rings. The molecule has 0 spiro atoms. The van der Waals surface area contributed by atoms with Crippen LogP contribution in [0.4, 0.5) is 0 Å². The molecule has 1 unspecified atom stereocenters. The lowest BCUT2D eigenvalue weighted by molar-refractivity contribution is 0.171. The molecule has 1 aliphatic heterocycles. The fraction of sp³-hybridized carbons (Fsp3) is 0.200. The number of benzene rings is 2. The average molecular weight is 419 g/mol. The predicted molar refractivity (Wildman–Crippen MR) is 87.4 cm³/mol. The van der Waals surface area contributed by atoms with Crippen LogP contribution in [0.1, 0.15) is 16.0 Å². The number of rotatable bonds is 2. The highest BCUT2D eigenvalue weighted by atomic mass is 79.9. The largest absolute Gasteiger partial charge is 0.486 e. The molecule has 0 aliphatic carbocycles. The van der Waals surface area contributed by atoms with E-state index in [9.17, 15) is 0 Å². The van der Waals surface area contributed by atoms with Crippen molar-refractivity contribution in [2.24, 2.45) is 0 Å². The highest BCUT2D eigenvalue weighted by Gasteiger charge is 2.18. The molecule has 104 valence electrons. The van der Waals surface area contributed by atoms with Gasteiger partial charge in [0.05, 0.1) is 4.83 Å². The topological polar surface area (TPSA) is 18.5 Å². The van der Waals surface area contributed by atoms with Gasteiger partial charge in [0.2, 0.25) is 0 Å². The molecule has 1 aliphatic rings. The van der Waals surface area contributed by atoms with E-state index in [1.54, 1.807) is 0 Å². The summed E-state index contributed by atoms with van der Waals surface area (Å²) >= 11 is 13.5. The van der Waals surface area contributed by atoms with Crippen LogP contribution in [0, 0.1) is 0 Å². The lowest BCUT2D eigenvalue weighted by Crippen LogP contribution is -2.15. The smallest absolute Gasteiger partial charge is 0.161 e. The van der Waals surface area contributed by atoms with Gasteiger partial charge < -0.3 is 9.47 Å². The number of halogens is 3. The fourth-order valence-electron chi connectivity index (χ4n) is 2.11. The van der Waals surface area contributed by atoms with E-state index in [0.717, 1.165) is 32.1 Å². The Morgan fingerprint density at radius 3 is 2.55 bits per heavy atom. The van der Waals surface area contributed by atoms with Crippen molar-refractivity contribution in [2.75, 3.05) is 13.2 Å². The van der Waals surface area contributed by atoms with Gasteiger partial charge in [-0.1, -0.05) is 49.5 Å². The molecule has 2 nitrogen and oxygen atoms in total. The summed E-state index contributed by atoms with van der Waals surface area (Å²) in [5.74, 6) is 1.57. The van der Waals surface area contributed by atoms with Crippen LogP contribution in [0.25, 0.3) is 0 Å². The molecule has 5 heteroatoms. The Kier molecular flexibility index (Phi) is 4.24. The van der Waals surface area contributed by atoms with Gasteiger partial charge in [-0.25, -0.2) is 0 Å². The zero-order valence-corrected chi connectivity index (χ0v) is 14.3. The molecule has 0 amide bonds. The van der Waals surface area contributed by atoms with E-state index in [1.165, 1.54) is 0 Å². The van der Waals surface area contributed by atoms with Crippen LogP contribution >= 0.6 is 43.5 Å². The lowest BCUT2D eigenvalue weighted by atomic mass is 10.0. The summed E-state index contributed by atoms with van der Waals surface area (Å²) in [6.07, 6.45) is 0. The third-order valence-electron chi connectivity index (χ3n) is 3.09. The maximum Gasteiger partial charge on any atom is 0.161 e. The zero-order chi connectivity index (χ0) is 14.1. The van der Waals surface area contributed by atoms with Gasteiger partial charge >= 0.3 is 0 Å². The van der Waals surface area contributed by atoms with E-state index >= 15 is 0 Å². The first-order valence-corrected chi connectivity index (χ1v) is 8.22. The maximum absolute atomic E-state index is 6.28. The van der Waals surface area contributed by atoms with Crippen molar-refractivity contribution < 1.29 is 9.47 Å². The van der Waals surface area contributed by atoms with E-state index in [1.807, 2.05) is 36.4 Å². The summed E-state index contributed by atoms with van der Waals surface area (Å²) in [4.78, 5) is 0.00308. The van der Waals surface area contributed by atoms with Gasteiger partial charge in [-0.2, -0.15) is 0 Å². The molecule has 2 aromatic carbocycles. The lowest BCUT2D eigenvalue weighted by Gasteiger charge is -2.20. The molecular formula is C15H11Br2ClO2. The maximum atomic E-state index is 6.28. The Bertz CT molecular complexity index is 646. The van der Waals surface area contributed by atoms with E-state index in [2.05, 4.69) is 31.9 Å². The van der Waals surface area contributed by atoms with Gasteiger partial charge in [0.1, 0.15) is 13.2 Å². The molecule has 0 fully saturated rings. The molecule has 1 heterocycles. The van der Waals surface area contributed by atoms with Crippen molar-refractivity contribution in [3.63, 3.8) is 0 Å². The van der Waals surface area contributed by atoms with Gasteiger partial charge in [-0.05, 0) is 41.5 Å². The monoisotopic (exact) mass is 416 g/mol. The third-order valence-corrected chi connectivity index (χ3v) is 4.95. The Morgan fingerprint density at radius 1 is 1.00 bits per heavy atom. The van der Waals surface area contributed by atoms with Gasteiger partial charge in [0.15, 0.2) is 11.5 Å². The molecule has 1 atom stereocenters. The first-order valence-electron chi connectivity index (χ1n) is 6.14. The molecule has 20 heavy (non-hydrogen) atoms. The summed E-state index contributed by atoms with van der Waals surface area (Å²) in [6, 6.07) is 11.8. The number of fused-ring (bicyclic) bond motifs is 1. The number of ether oxygens (including phenoxy) is 2. The SMILES string of the molecule is Clc1ccc(Br)cc1C(Br)c1ccc2c(c1)OCCO2. The van der Waals surface area contributed by atoms with Gasteiger partial charge in [-0.15, -0.1) is 0 Å².